The Balaban J connectivity index is 0.904. The van der Waals surface area contributed by atoms with E-state index in [9.17, 15) is 0 Å². The van der Waals surface area contributed by atoms with Crippen LogP contribution < -0.4 is 41.5 Å². The fourth-order valence-corrected chi connectivity index (χ4v) is 25.1. The Morgan fingerprint density at radius 3 is 1.03 bits per heavy atom. The van der Waals surface area contributed by atoms with Crippen LogP contribution in [0.15, 0.2) is 358 Å². The molecule has 0 atom stereocenters. The predicted octanol–water partition coefficient (Wildman–Crippen LogP) is 15.4. The zero-order valence-electron chi connectivity index (χ0n) is 48.9. The Labute approximate surface area is 519 Å². The van der Waals surface area contributed by atoms with Gasteiger partial charge in [0.05, 0.1) is 38.8 Å². The van der Waals surface area contributed by atoms with Crippen LogP contribution in [0.3, 0.4) is 0 Å². The second kappa shape index (κ2) is 21.4. The molecule has 17 rings (SSSR count). The lowest BCUT2D eigenvalue weighted by atomic mass is 10.1. The third kappa shape index (κ3) is 8.10. The Hall–Kier alpha value is -11.1. The number of para-hydroxylation sites is 4. The summed E-state index contributed by atoms with van der Waals surface area (Å²) in [5.74, 6) is 0. The van der Waals surface area contributed by atoms with Gasteiger partial charge in [-0.15, -0.1) is 0 Å². The van der Waals surface area contributed by atoms with Gasteiger partial charge in [-0.2, -0.15) is 0 Å². The van der Waals surface area contributed by atoms with Gasteiger partial charge in [0, 0.05) is 43.7 Å². The fourth-order valence-electron chi connectivity index (χ4n) is 15.3. The van der Waals surface area contributed by atoms with Crippen LogP contribution in [0.4, 0.5) is 0 Å². The molecule has 0 unspecified atom stereocenters. The topological polar surface area (TPSA) is 14.8 Å². The maximum Gasteiger partial charge on any atom is 0.180 e. The maximum absolute atomic E-state index is 3.23. The van der Waals surface area contributed by atoms with Crippen molar-refractivity contribution in [3.8, 4) is 28.2 Å². The highest BCUT2D eigenvalue weighted by Gasteiger charge is 2.44. The average Bonchev–Trinajstić information content (AvgIpc) is 1.65. The summed E-state index contributed by atoms with van der Waals surface area (Å²) >= 11 is 0. The standard InChI is InChI=1S/C84H59N3Si2/c1-6-28-60(29-7-1)61-54-56-68(57-55-61)88(64-32-8-2-9-33-64,65-34-10-3-11-35-65)69-40-24-31-63(58-69)86-77-48-22-18-44-73(77)83-79(86)50-26-51-80(83)87-78-49-23-19-45-74(78)84-81(87)52-27-53-82(84)89(66-36-12-4-13-37-66,67-38-14-5-15-39-67)70-41-25-30-62(59-70)85-75-46-20-16-42-71(75)72-43-17-21-47-76(72)85/h1-59H. The summed E-state index contributed by atoms with van der Waals surface area (Å²) in [4.78, 5) is 0. The smallest absolute Gasteiger partial charge is 0.180 e. The number of benzene rings is 14. The van der Waals surface area contributed by atoms with Gasteiger partial charge in [-0.1, -0.05) is 291 Å². The molecule has 0 radical (unpaired) electrons. The van der Waals surface area contributed by atoms with Crippen molar-refractivity contribution < 1.29 is 0 Å². The number of hydrogen-bond donors (Lipinski definition) is 0. The van der Waals surface area contributed by atoms with Gasteiger partial charge in [-0.25, -0.2) is 0 Å². The first kappa shape index (κ1) is 52.3. The lowest BCUT2D eigenvalue weighted by Gasteiger charge is -2.35. The molecule has 0 saturated carbocycles. The van der Waals surface area contributed by atoms with E-state index < -0.39 is 16.1 Å². The first-order chi connectivity index (χ1) is 44.2. The molecule has 0 aliphatic heterocycles. The Morgan fingerprint density at radius 1 is 0.191 bits per heavy atom. The summed E-state index contributed by atoms with van der Waals surface area (Å²) in [5.41, 5.74) is 12.9. The molecule has 0 aliphatic rings. The highest BCUT2D eigenvalue weighted by molar-refractivity contribution is 7.21. The van der Waals surface area contributed by atoms with Gasteiger partial charge in [0.1, 0.15) is 0 Å². The average molecular weight is 1170 g/mol. The summed E-state index contributed by atoms with van der Waals surface area (Å²) in [6.07, 6.45) is 0. The van der Waals surface area contributed by atoms with Crippen LogP contribution in [0, 0.1) is 0 Å². The van der Waals surface area contributed by atoms with Gasteiger partial charge in [0.25, 0.3) is 0 Å². The maximum atomic E-state index is 2.58. The molecule has 3 nitrogen and oxygen atoms in total. The Morgan fingerprint density at radius 2 is 0.517 bits per heavy atom. The molecular weight excluding hydrogens is 1110 g/mol. The van der Waals surface area contributed by atoms with Crippen molar-refractivity contribution in [1.82, 2.24) is 13.7 Å². The molecule has 0 N–H and O–H groups in total. The first-order valence-corrected chi connectivity index (χ1v) is 34.8. The van der Waals surface area contributed by atoms with Gasteiger partial charge in [0.2, 0.25) is 0 Å². The van der Waals surface area contributed by atoms with Crippen molar-refractivity contribution in [3.63, 3.8) is 0 Å². The van der Waals surface area contributed by atoms with Crippen molar-refractivity contribution in [2.75, 3.05) is 0 Å². The van der Waals surface area contributed by atoms with E-state index in [2.05, 4.69) is 372 Å². The molecule has 0 saturated heterocycles. The van der Waals surface area contributed by atoms with Crippen LogP contribution in [0.25, 0.3) is 93.6 Å². The molecule has 5 heteroatoms. The number of aromatic nitrogens is 3. The summed E-state index contributed by atoms with van der Waals surface area (Å²) in [7, 11) is -6.19. The molecule has 3 heterocycles. The van der Waals surface area contributed by atoms with E-state index in [1.807, 2.05) is 0 Å². The van der Waals surface area contributed by atoms with Crippen LogP contribution in [-0.2, 0) is 0 Å². The summed E-state index contributed by atoms with van der Waals surface area (Å²) in [6.45, 7) is 0. The third-order valence-corrected chi connectivity index (χ3v) is 28.5. The molecule has 0 fully saturated rings. The van der Waals surface area contributed by atoms with E-state index in [-0.39, 0.29) is 0 Å². The van der Waals surface area contributed by atoms with Crippen molar-refractivity contribution in [2.24, 2.45) is 0 Å². The Bertz CT molecular complexity index is 5350. The molecule has 0 aliphatic carbocycles. The van der Waals surface area contributed by atoms with Gasteiger partial charge in [-0.05, 0) is 119 Å². The molecule has 14 aromatic carbocycles. The van der Waals surface area contributed by atoms with E-state index in [1.165, 1.54) is 107 Å². The van der Waals surface area contributed by atoms with Crippen molar-refractivity contribution >= 4 is 123 Å². The van der Waals surface area contributed by atoms with Gasteiger partial charge in [-0.3, -0.25) is 0 Å². The van der Waals surface area contributed by atoms with Crippen LogP contribution in [0.1, 0.15) is 0 Å². The normalized spacial score (nSPS) is 12.0. The van der Waals surface area contributed by atoms with Gasteiger partial charge >= 0.3 is 0 Å². The summed E-state index contributed by atoms with van der Waals surface area (Å²) in [6, 6.07) is 135. The predicted molar refractivity (Wildman–Crippen MR) is 382 cm³/mol. The van der Waals surface area contributed by atoms with E-state index in [4.69, 9.17) is 0 Å². The molecule has 17 aromatic rings. The quantitative estimate of drug-likeness (QED) is 0.0855. The molecule has 89 heavy (non-hydrogen) atoms. The van der Waals surface area contributed by atoms with E-state index in [0.29, 0.717) is 0 Å². The second-order valence-electron chi connectivity index (χ2n) is 23.5. The highest BCUT2D eigenvalue weighted by Crippen LogP contribution is 2.41. The van der Waals surface area contributed by atoms with Crippen LogP contribution in [-0.4, -0.2) is 29.8 Å². The molecule has 418 valence electrons. The minimum Gasteiger partial charge on any atom is -0.309 e. The zero-order valence-corrected chi connectivity index (χ0v) is 50.9. The van der Waals surface area contributed by atoms with Crippen molar-refractivity contribution in [2.45, 2.75) is 0 Å². The molecule has 0 bridgehead atoms. The summed E-state index contributed by atoms with van der Waals surface area (Å²) < 4.78 is 7.57. The van der Waals surface area contributed by atoms with Crippen LogP contribution in [0.2, 0.25) is 0 Å². The van der Waals surface area contributed by atoms with Crippen molar-refractivity contribution in [1.29, 1.82) is 0 Å². The number of hydrogen-bond acceptors (Lipinski definition) is 0. The monoisotopic (exact) mass is 1170 g/mol. The lowest BCUT2D eigenvalue weighted by Crippen LogP contribution is -2.74. The van der Waals surface area contributed by atoms with E-state index >= 15 is 0 Å². The van der Waals surface area contributed by atoms with Crippen LogP contribution in [0.5, 0.6) is 0 Å². The molecule has 3 aromatic heterocycles. The third-order valence-electron chi connectivity index (χ3n) is 18.9. The van der Waals surface area contributed by atoms with Crippen LogP contribution >= 0.6 is 0 Å². The molecule has 0 amide bonds. The van der Waals surface area contributed by atoms with E-state index in [0.717, 1.165) is 28.1 Å². The SMILES string of the molecule is c1ccc(-c2ccc([Si](c3ccccc3)(c3ccccc3)c3cccc(-n4c5ccccc5c5c(-n6c7ccccc7c7c([Si](c8ccccc8)(c8ccccc8)c8cccc(-n9c%10ccccc%10c%10ccccc%109)c8)cccc76)cccc54)c3)cc2)cc1. The molecule has 0 spiro atoms. The lowest BCUT2D eigenvalue weighted by molar-refractivity contribution is 1.17. The van der Waals surface area contributed by atoms with Crippen molar-refractivity contribution in [3.05, 3.63) is 358 Å². The second-order valence-corrected chi connectivity index (χ2v) is 31.0. The fraction of sp³-hybridized carbons (Fsp3) is 0. The van der Waals surface area contributed by atoms with Gasteiger partial charge in [0.15, 0.2) is 16.1 Å². The number of nitrogens with zero attached hydrogens (tertiary/aromatic N) is 3. The number of rotatable bonds is 12. The van der Waals surface area contributed by atoms with Gasteiger partial charge < -0.3 is 13.7 Å². The first-order valence-electron chi connectivity index (χ1n) is 30.8. The zero-order chi connectivity index (χ0) is 58.9. The molecular formula is C84H59N3Si2. The minimum atomic E-state index is -3.23. The largest absolute Gasteiger partial charge is 0.309 e. The minimum absolute atomic E-state index is 1.13. The summed E-state index contributed by atoms with van der Waals surface area (Å²) in [5, 5.41) is 18.1. The Kier molecular flexibility index (Phi) is 12.6. The van der Waals surface area contributed by atoms with E-state index in [1.54, 1.807) is 0 Å². The highest BCUT2D eigenvalue weighted by atomic mass is 28.3. The number of fused-ring (bicyclic) bond motifs is 9.